The zero-order chi connectivity index (χ0) is 10.4. The van der Waals surface area contributed by atoms with E-state index in [2.05, 4.69) is 0 Å². The molecule has 1 aromatic carbocycles. The highest BCUT2D eigenvalue weighted by molar-refractivity contribution is 7.98. The number of thioether (sulfide) groups is 1. The van der Waals surface area contributed by atoms with E-state index in [0.717, 1.165) is 29.1 Å². The fourth-order valence-electron chi connectivity index (χ4n) is 1.13. The molecule has 0 spiro atoms. The summed E-state index contributed by atoms with van der Waals surface area (Å²) in [6, 6.07) is 4.94. The van der Waals surface area contributed by atoms with Gasteiger partial charge in [0.2, 0.25) is 0 Å². The van der Waals surface area contributed by atoms with Crippen molar-refractivity contribution >= 4 is 23.4 Å². The number of benzene rings is 1. The van der Waals surface area contributed by atoms with Crippen LogP contribution in [0.5, 0.6) is 0 Å². The minimum absolute atomic E-state index is 0.149. The third-order valence-electron chi connectivity index (χ3n) is 1.99. The summed E-state index contributed by atoms with van der Waals surface area (Å²) >= 11 is 7.37. The van der Waals surface area contributed by atoms with E-state index >= 15 is 0 Å². The van der Waals surface area contributed by atoms with E-state index in [-0.39, 0.29) is 5.82 Å². The summed E-state index contributed by atoms with van der Waals surface area (Å²) in [7, 11) is 0. The zero-order valence-corrected chi connectivity index (χ0v) is 9.80. The van der Waals surface area contributed by atoms with Crippen molar-refractivity contribution in [2.75, 3.05) is 11.6 Å². The van der Waals surface area contributed by atoms with Gasteiger partial charge in [0.15, 0.2) is 0 Å². The molecule has 0 atom stereocenters. The van der Waals surface area contributed by atoms with Gasteiger partial charge in [-0.05, 0) is 42.4 Å². The van der Waals surface area contributed by atoms with Crippen LogP contribution in [-0.4, -0.2) is 11.6 Å². The molecule has 0 N–H and O–H groups in total. The van der Waals surface area contributed by atoms with Crippen molar-refractivity contribution in [2.45, 2.75) is 19.1 Å². The van der Waals surface area contributed by atoms with Crippen molar-refractivity contribution in [2.24, 2.45) is 0 Å². The number of alkyl halides is 1. The summed E-state index contributed by atoms with van der Waals surface area (Å²) in [6.45, 7) is 2.01. The van der Waals surface area contributed by atoms with Crippen LogP contribution in [0.25, 0.3) is 0 Å². The minimum Gasteiger partial charge on any atom is -0.207 e. The third-order valence-corrected chi connectivity index (χ3v) is 3.35. The Morgan fingerprint density at radius 3 is 2.93 bits per heavy atom. The maximum atomic E-state index is 12.9. The van der Waals surface area contributed by atoms with Gasteiger partial charge in [-0.15, -0.1) is 11.6 Å². The van der Waals surface area contributed by atoms with E-state index in [4.69, 9.17) is 11.6 Å². The molecule has 0 saturated heterocycles. The van der Waals surface area contributed by atoms with E-state index in [1.807, 2.05) is 13.0 Å². The van der Waals surface area contributed by atoms with Gasteiger partial charge in [0.1, 0.15) is 5.82 Å². The topological polar surface area (TPSA) is 0 Å². The first-order chi connectivity index (χ1) is 6.74. The van der Waals surface area contributed by atoms with Crippen molar-refractivity contribution in [3.05, 3.63) is 35.1 Å². The number of hydrogen-bond donors (Lipinski definition) is 0. The van der Waals surface area contributed by atoms with Crippen molar-refractivity contribution in [3.63, 3.8) is 0 Å². The molecular weight excluding hydrogens is 219 g/mol. The fraction of sp³-hybridized carbons (Fsp3) is 0.455. The highest BCUT2D eigenvalue weighted by Crippen LogP contribution is 2.18. The fourth-order valence-corrected chi connectivity index (χ4v) is 2.45. The number of rotatable bonds is 5. The quantitative estimate of drug-likeness (QED) is 0.546. The largest absolute Gasteiger partial charge is 0.207 e. The molecule has 0 aliphatic carbocycles. The van der Waals surface area contributed by atoms with Gasteiger partial charge in [0.05, 0.1) is 0 Å². The molecule has 78 valence electrons. The summed E-state index contributed by atoms with van der Waals surface area (Å²) < 4.78 is 12.9. The van der Waals surface area contributed by atoms with Crippen LogP contribution >= 0.6 is 23.4 Å². The number of aryl methyl sites for hydroxylation is 1. The van der Waals surface area contributed by atoms with E-state index in [9.17, 15) is 4.39 Å². The maximum Gasteiger partial charge on any atom is 0.123 e. The Hall–Kier alpha value is -0.210. The van der Waals surface area contributed by atoms with Crippen LogP contribution in [0, 0.1) is 12.7 Å². The van der Waals surface area contributed by atoms with Gasteiger partial charge in [0, 0.05) is 11.6 Å². The van der Waals surface area contributed by atoms with Gasteiger partial charge in [-0.2, -0.15) is 11.8 Å². The molecule has 0 amide bonds. The average molecular weight is 233 g/mol. The van der Waals surface area contributed by atoms with Crippen LogP contribution in [0.4, 0.5) is 4.39 Å². The van der Waals surface area contributed by atoms with Crippen LogP contribution in [0.15, 0.2) is 18.2 Å². The van der Waals surface area contributed by atoms with Gasteiger partial charge in [0.25, 0.3) is 0 Å². The van der Waals surface area contributed by atoms with Gasteiger partial charge in [-0.25, -0.2) is 4.39 Å². The molecule has 0 aliphatic rings. The van der Waals surface area contributed by atoms with Crippen LogP contribution in [-0.2, 0) is 5.75 Å². The van der Waals surface area contributed by atoms with Gasteiger partial charge in [-0.3, -0.25) is 0 Å². The second kappa shape index (κ2) is 6.31. The van der Waals surface area contributed by atoms with Crippen LogP contribution < -0.4 is 0 Å². The lowest BCUT2D eigenvalue weighted by atomic mass is 10.1. The van der Waals surface area contributed by atoms with Gasteiger partial charge in [-0.1, -0.05) is 6.07 Å². The van der Waals surface area contributed by atoms with Crippen molar-refractivity contribution in [3.8, 4) is 0 Å². The number of halogens is 2. The normalized spacial score (nSPS) is 10.5. The molecule has 0 aromatic heterocycles. The summed E-state index contributed by atoms with van der Waals surface area (Å²) in [6.07, 6.45) is 1.01. The molecule has 0 heterocycles. The first-order valence-corrected chi connectivity index (χ1v) is 6.31. The van der Waals surface area contributed by atoms with Crippen LogP contribution in [0.1, 0.15) is 17.5 Å². The Bertz CT molecular complexity index is 289. The van der Waals surface area contributed by atoms with Crippen molar-refractivity contribution < 1.29 is 4.39 Å². The molecule has 0 aliphatic heterocycles. The SMILES string of the molecule is Cc1ccc(F)cc1CSCCCCl. The lowest BCUT2D eigenvalue weighted by molar-refractivity contribution is 0.626. The smallest absolute Gasteiger partial charge is 0.123 e. The molecule has 1 rings (SSSR count). The molecular formula is C11H14ClFS. The Morgan fingerprint density at radius 2 is 2.21 bits per heavy atom. The summed E-state index contributed by atoms with van der Waals surface area (Å²) in [5.41, 5.74) is 2.24. The standard InChI is InChI=1S/C11H14ClFS/c1-9-3-4-11(13)7-10(9)8-14-6-2-5-12/h3-4,7H,2,5-6,8H2,1H3. The van der Waals surface area contributed by atoms with E-state index in [0.29, 0.717) is 5.88 Å². The molecule has 0 bridgehead atoms. The Balaban J connectivity index is 2.45. The molecule has 0 unspecified atom stereocenters. The first kappa shape index (κ1) is 11.9. The van der Waals surface area contributed by atoms with E-state index in [1.54, 1.807) is 17.8 Å². The van der Waals surface area contributed by atoms with Gasteiger partial charge < -0.3 is 0 Å². The summed E-state index contributed by atoms with van der Waals surface area (Å²) in [5.74, 6) is 2.47. The molecule has 0 nitrogen and oxygen atoms in total. The van der Waals surface area contributed by atoms with Crippen molar-refractivity contribution in [1.29, 1.82) is 0 Å². The molecule has 14 heavy (non-hydrogen) atoms. The maximum absolute atomic E-state index is 12.9. The summed E-state index contributed by atoms with van der Waals surface area (Å²) in [4.78, 5) is 0. The van der Waals surface area contributed by atoms with E-state index < -0.39 is 0 Å². The molecule has 0 radical (unpaired) electrons. The lowest BCUT2D eigenvalue weighted by Crippen LogP contribution is -1.90. The van der Waals surface area contributed by atoms with E-state index in [1.165, 1.54) is 6.07 Å². The highest BCUT2D eigenvalue weighted by Gasteiger charge is 2.00. The minimum atomic E-state index is -0.149. The predicted molar refractivity (Wildman–Crippen MR) is 62.6 cm³/mol. The second-order valence-corrected chi connectivity index (χ2v) is 4.65. The third kappa shape index (κ3) is 3.89. The molecule has 0 fully saturated rings. The molecule has 3 heteroatoms. The Morgan fingerprint density at radius 1 is 1.43 bits per heavy atom. The molecule has 0 saturated carbocycles. The number of hydrogen-bond acceptors (Lipinski definition) is 1. The molecule has 1 aromatic rings. The second-order valence-electron chi connectivity index (χ2n) is 3.17. The first-order valence-electron chi connectivity index (χ1n) is 4.63. The van der Waals surface area contributed by atoms with Crippen LogP contribution in [0.3, 0.4) is 0 Å². The van der Waals surface area contributed by atoms with Crippen molar-refractivity contribution in [1.82, 2.24) is 0 Å². The van der Waals surface area contributed by atoms with Gasteiger partial charge >= 0.3 is 0 Å². The lowest BCUT2D eigenvalue weighted by Gasteiger charge is -2.05. The monoisotopic (exact) mass is 232 g/mol. The Labute approximate surface area is 93.8 Å². The Kier molecular flexibility index (Phi) is 5.34. The summed E-state index contributed by atoms with van der Waals surface area (Å²) in [5, 5.41) is 0. The highest BCUT2D eigenvalue weighted by atomic mass is 35.5. The van der Waals surface area contributed by atoms with Crippen LogP contribution in [0.2, 0.25) is 0 Å². The zero-order valence-electron chi connectivity index (χ0n) is 8.22. The predicted octanol–water partition coefficient (Wildman–Crippen LogP) is 4.00. The average Bonchev–Trinajstić information content (AvgIpc) is 2.18.